The van der Waals surface area contributed by atoms with Crippen LogP contribution in [0.5, 0.6) is 11.5 Å². The summed E-state index contributed by atoms with van der Waals surface area (Å²) in [7, 11) is 1.50. The molecule has 0 radical (unpaired) electrons. The first kappa shape index (κ1) is 19.9. The summed E-state index contributed by atoms with van der Waals surface area (Å²) in [6, 6.07) is 13.1. The molecule has 0 saturated carbocycles. The molecule has 8 nitrogen and oxygen atoms in total. The first-order valence-corrected chi connectivity index (χ1v) is 9.14. The Morgan fingerprint density at radius 2 is 1.86 bits per heavy atom. The smallest absolute Gasteiger partial charge is 0.273 e. The fourth-order valence-corrected chi connectivity index (χ4v) is 2.73. The van der Waals surface area contributed by atoms with Crippen LogP contribution in [0.25, 0.3) is 11.3 Å². The van der Waals surface area contributed by atoms with Gasteiger partial charge in [-0.1, -0.05) is 6.92 Å². The number of phenolic OH excluding ortho intramolecular Hbond substituents is 1. The third-order valence-electron chi connectivity index (χ3n) is 4.20. The minimum Gasteiger partial charge on any atom is -0.508 e. The molecule has 8 heteroatoms. The number of rotatable bonds is 7. The van der Waals surface area contributed by atoms with Crippen LogP contribution < -0.4 is 15.4 Å². The summed E-state index contributed by atoms with van der Waals surface area (Å²) >= 11 is 0. The predicted molar refractivity (Wildman–Crippen MR) is 110 cm³/mol. The van der Waals surface area contributed by atoms with Crippen molar-refractivity contribution in [3.8, 4) is 22.8 Å². The summed E-state index contributed by atoms with van der Waals surface area (Å²) in [4.78, 5) is 24.3. The maximum Gasteiger partial charge on any atom is 0.273 e. The number of nitrogens with zero attached hydrogens (tertiary/aromatic N) is 1. The molecule has 0 bridgehead atoms. The summed E-state index contributed by atoms with van der Waals surface area (Å²) in [6.07, 6.45) is 1.17. The summed E-state index contributed by atoms with van der Waals surface area (Å²) in [6.45, 7) is 1.93. The second-order valence-electron chi connectivity index (χ2n) is 6.38. The van der Waals surface area contributed by atoms with Crippen LogP contribution >= 0.6 is 0 Å². The van der Waals surface area contributed by atoms with E-state index in [9.17, 15) is 14.7 Å². The van der Waals surface area contributed by atoms with Crippen molar-refractivity contribution in [2.45, 2.75) is 19.8 Å². The van der Waals surface area contributed by atoms with Crippen molar-refractivity contribution in [2.24, 2.45) is 0 Å². The number of benzene rings is 2. The zero-order valence-electron chi connectivity index (χ0n) is 16.2. The lowest BCUT2D eigenvalue weighted by Gasteiger charge is -2.12. The van der Waals surface area contributed by atoms with Crippen molar-refractivity contribution < 1.29 is 19.4 Å². The number of methoxy groups -OCH3 is 1. The molecule has 0 aliphatic rings. The van der Waals surface area contributed by atoms with Crippen molar-refractivity contribution in [1.29, 1.82) is 0 Å². The van der Waals surface area contributed by atoms with Gasteiger partial charge in [0.25, 0.3) is 5.91 Å². The topological polar surface area (TPSA) is 116 Å². The van der Waals surface area contributed by atoms with E-state index >= 15 is 0 Å². The molecule has 0 aliphatic heterocycles. The highest BCUT2D eigenvalue weighted by Crippen LogP contribution is 2.28. The van der Waals surface area contributed by atoms with Gasteiger partial charge in [-0.2, -0.15) is 5.10 Å². The largest absolute Gasteiger partial charge is 0.508 e. The molecule has 0 spiro atoms. The molecular formula is C21H22N4O4. The van der Waals surface area contributed by atoms with Crippen LogP contribution in [0, 0.1) is 0 Å². The van der Waals surface area contributed by atoms with Crippen molar-refractivity contribution in [1.82, 2.24) is 10.2 Å². The quantitative estimate of drug-likeness (QED) is 0.487. The molecule has 2 amide bonds. The van der Waals surface area contributed by atoms with Crippen molar-refractivity contribution in [3.63, 3.8) is 0 Å². The second kappa shape index (κ2) is 8.92. The number of aromatic nitrogens is 2. The van der Waals surface area contributed by atoms with Crippen molar-refractivity contribution >= 4 is 23.2 Å². The van der Waals surface area contributed by atoms with E-state index in [1.165, 1.54) is 7.11 Å². The average molecular weight is 394 g/mol. The molecule has 150 valence electrons. The Balaban J connectivity index is 1.72. The van der Waals surface area contributed by atoms with Crippen LogP contribution in [0.1, 0.15) is 30.3 Å². The van der Waals surface area contributed by atoms with Gasteiger partial charge in [0.2, 0.25) is 5.91 Å². The highest BCUT2D eigenvalue weighted by atomic mass is 16.5. The third-order valence-corrected chi connectivity index (χ3v) is 4.20. The highest BCUT2D eigenvalue weighted by Gasteiger charge is 2.13. The number of carbonyl (C=O) groups is 2. The molecule has 29 heavy (non-hydrogen) atoms. The summed E-state index contributed by atoms with van der Waals surface area (Å²) < 4.78 is 5.32. The van der Waals surface area contributed by atoms with Gasteiger partial charge in [-0.3, -0.25) is 14.7 Å². The molecule has 1 aromatic heterocycles. The standard InChI is InChI=1S/C21H22N4O4/c1-3-4-20(27)23-16-10-7-14(11-19(16)29-2)22-21(28)18-12-17(24-25-18)13-5-8-15(26)9-6-13/h5-12,26H,3-4H2,1-2H3,(H,22,28)(H,23,27)(H,24,25). The summed E-state index contributed by atoms with van der Waals surface area (Å²) in [5.74, 6) is 0.140. The van der Waals surface area contributed by atoms with Gasteiger partial charge in [-0.05, 0) is 48.9 Å². The van der Waals surface area contributed by atoms with Crippen LogP contribution in [0.2, 0.25) is 0 Å². The van der Waals surface area contributed by atoms with E-state index in [1.54, 1.807) is 48.5 Å². The van der Waals surface area contributed by atoms with Crippen LogP contribution in [-0.2, 0) is 4.79 Å². The van der Waals surface area contributed by atoms with Gasteiger partial charge in [0, 0.05) is 23.7 Å². The van der Waals surface area contributed by atoms with Crippen LogP contribution in [0.4, 0.5) is 11.4 Å². The molecule has 3 aromatic rings. The van der Waals surface area contributed by atoms with Gasteiger partial charge >= 0.3 is 0 Å². The minimum absolute atomic E-state index is 0.0956. The van der Waals surface area contributed by atoms with E-state index in [4.69, 9.17) is 4.74 Å². The molecule has 0 fully saturated rings. The number of nitrogens with one attached hydrogen (secondary N) is 3. The Labute approximate surface area is 167 Å². The molecule has 0 aliphatic carbocycles. The molecule has 3 rings (SSSR count). The normalized spacial score (nSPS) is 10.4. The minimum atomic E-state index is -0.368. The van der Waals surface area contributed by atoms with Crippen LogP contribution in [0.15, 0.2) is 48.5 Å². The number of aromatic hydroxyl groups is 1. The van der Waals surface area contributed by atoms with Gasteiger partial charge in [0.1, 0.15) is 17.2 Å². The SMILES string of the molecule is CCCC(=O)Nc1ccc(NC(=O)c2cc(-c3ccc(O)cc3)n[nH]2)cc1OC. The first-order chi connectivity index (χ1) is 14.0. The summed E-state index contributed by atoms with van der Waals surface area (Å²) in [5.41, 5.74) is 2.70. The molecule has 0 saturated heterocycles. The number of aromatic amines is 1. The highest BCUT2D eigenvalue weighted by molar-refractivity contribution is 6.04. The number of anilines is 2. The Hall–Kier alpha value is -3.81. The Morgan fingerprint density at radius 3 is 2.55 bits per heavy atom. The Kier molecular flexibility index (Phi) is 6.13. The number of amides is 2. The number of hydrogen-bond donors (Lipinski definition) is 4. The van der Waals surface area contributed by atoms with E-state index < -0.39 is 0 Å². The van der Waals surface area contributed by atoms with Gasteiger partial charge in [-0.15, -0.1) is 0 Å². The van der Waals surface area contributed by atoms with Crippen molar-refractivity contribution in [2.75, 3.05) is 17.7 Å². The van der Waals surface area contributed by atoms with Gasteiger partial charge < -0.3 is 20.5 Å². The third kappa shape index (κ3) is 4.92. The van der Waals surface area contributed by atoms with Crippen molar-refractivity contribution in [3.05, 3.63) is 54.2 Å². The van der Waals surface area contributed by atoms with E-state index in [2.05, 4.69) is 20.8 Å². The van der Waals surface area contributed by atoms with E-state index in [-0.39, 0.29) is 23.3 Å². The maximum atomic E-state index is 12.5. The lowest BCUT2D eigenvalue weighted by molar-refractivity contribution is -0.116. The lowest BCUT2D eigenvalue weighted by Crippen LogP contribution is -2.14. The zero-order chi connectivity index (χ0) is 20.8. The fraction of sp³-hybridized carbons (Fsp3) is 0.190. The monoisotopic (exact) mass is 394 g/mol. The van der Waals surface area contributed by atoms with Crippen LogP contribution in [-0.4, -0.2) is 34.2 Å². The first-order valence-electron chi connectivity index (χ1n) is 9.14. The van der Waals surface area contributed by atoms with Gasteiger partial charge in [0.05, 0.1) is 18.5 Å². The number of hydrogen-bond acceptors (Lipinski definition) is 5. The lowest BCUT2D eigenvalue weighted by atomic mass is 10.1. The second-order valence-corrected chi connectivity index (χ2v) is 6.38. The molecule has 2 aromatic carbocycles. The van der Waals surface area contributed by atoms with E-state index in [0.717, 1.165) is 12.0 Å². The fourth-order valence-electron chi connectivity index (χ4n) is 2.73. The summed E-state index contributed by atoms with van der Waals surface area (Å²) in [5, 5.41) is 21.8. The Morgan fingerprint density at radius 1 is 1.10 bits per heavy atom. The molecule has 0 unspecified atom stereocenters. The zero-order valence-corrected chi connectivity index (χ0v) is 16.2. The average Bonchev–Trinajstić information content (AvgIpc) is 3.20. The number of H-pyrrole nitrogens is 1. The molecule has 1 heterocycles. The predicted octanol–water partition coefficient (Wildman–Crippen LogP) is 3.78. The van der Waals surface area contributed by atoms with E-state index in [1.807, 2.05) is 6.92 Å². The number of ether oxygens (including phenoxy) is 1. The van der Waals surface area contributed by atoms with Crippen LogP contribution in [0.3, 0.4) is 0 Å². The van der Waals surface area contributed by atoms with E-state index in [0.29, 0.717) is 29.2 Å². The molecule has 4 N–H and O–H groups in total. The number of phenols is 1. The van der Waals surface area contributed by atoms with Gasteiger partial charge in [-0.25, -0.2) is 0 Å². The molecular weight excluding hydrogens is 372 g/mol. The Bertz CT molecular complexity index is 1010. The van der Waals surface area contributed by atoms with Gasteiger partial charge in [0.15, 0.2) is 0 Å². The number of carbonyl (C=O) groups excluding carboxylic acids is 2. The maximum absolute atomic E-state index is 12.5. The molecule has 0 atom stereocenters.